The zero-order chi connectivity index (χ0) is 31.8. The van der Waals surface area contributed by atoms with Gasteiger partial charge in [-0.05, 0) is 80.5 Å². The normalized spacial score (nSPS) is 21.0. The van der Waals surface area contributed by atoms with Crippen molar-refractivity contribution in [2.24, 2.45) is 17.8 Å². The van der Waals surface area contributed by atoms with Crippen LogP contribution in [0, 0.1) is 17.8 Å². The molecule has 1 fully saturated rings. The van der Waals surface area contributed by atoms with Crippen molar-refractivity contribution in [1.82, 2.24) is 4.90 Å². The molecule has 1 saturated heterocycles. The molecule has 1 aliphatic heterocycles. The molecule has 9 nitrogen and oxygen atoms in total. The van der Waals surface area contributed by atoms with Crippen LogP contribution in [0.15, 0.2) is 69.7 Å². The van der Waals surface area contributed by atoms with Crippen molar-refractivity contribution < 1.29 is 39.5 Å². The van der Waals surface area contributed by atoms with E-state index in [-0.39, 0.29) is 43.6 Å². The zero-order valence-electron chi connectivity index (χ0n) is 24.8. The van der Waals surface area contributed by atoms with Gasteiger partial charge in [-0.15, -0.1) is 0 Å². The van der Waals surface area contributed by atoms with Crippen LogP contribution in [0.2, 0.25) is 0 Å². The highest BCUT2D eigenvalue weighted by molar-refractivity contribution is 9.10. The number of allylic oxidation sites excluding steroid dienone is 1. The third kappa shape index (κ3) is 8.16. The second-order valence-corrected chi connectivity index (χ2v) is 12.5. The zero-order valence-corrected chi connectivity index (χ0v) is 26.4. The molecule has 2 aromatic carbocycles. The molecule has 236 valence electrons. The molecule has 2 amide bonds. The number of aliphatic hydroxyl groups excluding tert-OH is 2. The molecule has 0 saturated carbocycles. The topological polar surface area (TPSA) is 145 Å². The Labute approximate surface area is 266 Å². The number of phenols is 1. The lowest BCUT2D eigenvalue weighted by atomic mass is 9.68. The molecule has 4 atom stereocenters. The predicted octanol–water partition coefficient (Wildman–Crippen LogP) is 5.33. The number of aromatic hydroxyl groups is 1. The number of carboxylic acid groups (broad SMARTS) is 1. The molecular formula is C34H40BrNO8. The lowest BCUT2D eigenvalue weighted by Crippen LogP contribution is -2.40. The van der Waals surface area contributed by atoms with E-state index >= 15 is 0 Å². The molecule has 1 heterocycles. The summed E-state index contributed by atoms with van der Waals surface area (Å²) in [5.41, 5.74) is 2.83. The third-order valence-electron chi connectivity index (χ3n) is 8.46. The number of imide groups is 1. The lowest BCUT2D eigenvalue weighted by molar-refractivity contribution is -0.141. The molecule has 2 aromatic rings. The van der Waals surface area contributed by atoms with Crippen molar-refractivity contribution in [1.29, 1.82) is 0 Å². The Hall–Kier alpha value is -3.47. The Morgan fingerprint density at radius 1 is 1.09 bits per heavy atom. The van der Waals surface area contributed by atoms with Crippen LogP contribution in [-0.4, -0.2) is 69.0 Å². The number of rotatable bonds is 15. The van der Waals surface area contributed by atoms with Gasteiger partial charge in [0.25, 0.3) is 0 Å². The van der Waals surface area contributed by atoms with E-state index in [2.05, 4.69) is 15.9 Å². The number of unbranched alkanes of at least 4 members (excludes halogenated alkanes) is 2. The Morgan fingerprint density at radius 3 is 2.55 bits per heavy atom. The van der Waals surface area contributed by atoms with Crippen LogP contribution in [0.5, 0.6) is 11.5 Å². The summed E-state index contributed by atoms with van der Waals surface area (Å²) >= 11 is 3.42. The number of para-hydroxylation sites is 1. The van der Waals surface area contributed by atoms with E-state index in [1.54, 1.807) is 18.2 Å². The maximum Gasteiger partial charge on any atom is 0.303 e. The number of halogens is 1. The number of likely N-dealkylation sites (tertiary alicyclic amines) is 1. The minimum absolute atomic E-state index is 0.0361. The van der Waals surface area contributed by atoms with E-state index in [4.69, 9.17) is 9.84 Å². The number of aliphatic hydroxyl groups is 2. The van der Waals surface area contributed by atoms with E-state index < -0.39 is 36.4 Å². The first-order valence-electron chi connectivity index (χ1n) is 15.0. The first-order valence-corrected chi connectivity index (χ1v) is 15.8. The van der Waals surface area contributed by atoms with Gasteiger partial charge < -0.3 is 25.2 Å². The van der Waals surface area contributed by atoms with Crippen LogP contribution >= 0.6 is 15.9 Å². The number of benzene rings is 2. The van der Waals surface area contributed by atoms with E-state index in [0.29, 0.717) is 54.6 Å². The molecule has 2 aliphatic rings. The third-order valence-corrected chi connectivity index (χ3v) is 8.96. The van der Waals surface area contributed by atoms with E-state index in [9.17, 15) is 29.7 Å². The SMILES string of the molecule is C/C(=C\c1cc(Br)ccc1O)CC[C@@H](O)C1=C(COc2ccccc2)C[C@H]2C(=O)N(CCCCCC(=O)O)C(=O)[C@H]2[C@H]1CO. The number of aliphatic carboxylic acids is 1. The fourth-order valence-electron chi connectivity index (χ4n) is 6.29. The smallest absolute Gasteiger partial charge is 0.303 e. The number of ether oxygens (including phenoxy) is 1. The molecular weight excluding hydrogens is 630 g/mol. The molecule has 1 aliphatic carbocycles. The highest BCUT2D eigenvalue weighted by Gasteiger charge is 2.54. The minimum atomic E-state index is -0.991. The summed E-state index contributed by atoms with van der Waals surface area (Å²) in [5.74, 6) is -2.95. The van der Waals surface area contributed by atoms with Gasteiger partial charge in [0.2, 0.25) is 11.8 Å². The van der Waals surface area contributed by atoms with E-state index in [0.717, 1.165) is 10.0 Å². The monoisotopic (exact) mass is 669 g/mol. The number of fused-ring (bicyclic) bond motifs is 1. The fraction of sp³-hybridized carbons (Fsp3) is 0.441. The molecule has 44 heavy (non-hydrogen) atoms. The number of carboxylic acids is 1. The van der Waals surface area contributed by atoms with Gasteiger partial charge in [-0.25, -0.2) is 0 Å². The number of phenolic OH excluding ortho intramolecular Hbond substituents is 1. The highest BCUT2D eigenvalue weighted by Crippen LogP contribution is 2.46. The molecule has 0 aromatic heterocycles. The van der Waals surface area contributed by atoms with Gasteiger partial charge in [0, 0.05) is 28.9 Å². The van der Waals surface area contributed by atoms with Crippen LogP contribution in [0.4, 0.5) is 0 Å². The highest BCUT2D eigenvalue weighted by atomic mass is 79.9. The summed E-state index contributed by atoms with van der Waals surface area (Å²) in [4.78, 5) is 39.2. The average molecular weight is 671 g/mol. The first-order chi connectivity index (χ1) is 21.1. The number of amides is 2. The summed E-state index contributed by atoms with van der Waals surface area (Å²) in [5, 5.41) is 41.3. The second kappa shape index (κ2) is 15.5. The Kier molecular flexibility index (Phi) is 11.8. The summed E-state index contributed by atoms with van der Waals surface area (Å²) in [6.45, 7) is 1.81. The summed E-state index contributed by atoms with van der Waals surface area (Å²) in [6, 6.07) is 14.3. The fourth-order valence-corrected chi connectivity index (χ4v) is 6.66. The molecule has 0 bridgehead atoms. The molecule has 0 radical (unpaired) electrons. The Morgan fingerprint density at radius 2 is 1.84 bits per heavy atom. The van der Waals surface area contributed by atoms with E-state index in [1.165, 1.54) is 4.90 Å². The summed E-state index contributed by atoms with van der Waals surface area (Å²) in [7, 11) is 0. The maximum absolute atomic E-state index is 13.6. The van der Waals surface area contributed by atoms with Gasteiger partial charge >= 0.3 is 5.97 Å². The number of carbonyl (C=O) groups is 3. The van der Waals surface area contributed by atoms with Gasteiger partial charge in [0.15, 0.2) is 0 Å². The van der Waals surface area contributed by atoms with Gasteiger partial charge in [0.05, 0.1) is 24.5 Å². The standard InChI is InChI=1S/C34H40BrNO8/c1-21(16-22-17-24(35)12-14-28(22)38)11-13-29(39)31-23(20-44-25-8-4-2-5-9-25)18-26-32(27(31)19-37)34(43)36(33(26)42)15-7-3-6-10-30(40)41/h2,4-5,8-9,12,14,16-17,26-27,29,32,37-39H,3,6-7,10-11,13,15,18-20H2,1H3,(H,40,41)/b21-16+/t26-,27+,29-,32-/m1/s1. The first kappa shape index (κ1) is 33.4. The van der Waals surface area contributed by atoms with Crippen LogP contribution in [0.1, 0.15) is 57.4 Å². The molecule has 10 heteroatoms. The molecule has 0 unspecified atom stereocenters. The van der Waals surface area contributed by atoms with Crippen molar-refractivity contribution in [3.63, 3.8) is 0 Å². The quantitative estimate of drug-likeness (QED) is 0.113. The van der Waals surface area contributed by atoms with Crippen molar-refractivity contribution in [3.8, 4) is 11.5 Å². The van der Waals surface area contributed by atoms with Crippen molar-refractivity contribution >= 4 is 39.8 Å². The van der Waals surface area contributed by atoms with Crippen molar-refractivity contribution in [2.45, 2.75) is 58.0 Å². The Balaban J connectivity index is 1.55. The van der Waals surface area contributed by atoms with Crippen LogP contribution in [0.25, 0.3) is 6.08 Å². The van der Waals surface area contributed by atoms with E-state index in [1.807, 2.05) is 43.3 Å². The Bertz CT molecular complexity index is 1410. The summed E-state index contributed by atoms with van der Waals surface area (Å²) < 4.78 is 6.87. The van der Waals surface area contributed by atoms with Crippen molar-refractivity contribution in [2.75, 3.05) is 19.8 Å². The number of hydrogen-bond donors (Lipinski definition) is 4. The molecule has 4 N–H and O–H groups in total. The number of hydrogen-bond acceptors (Lipinski definition) is 7. The predicted molar refractivity (Wildman–Crippen MR) is 169 cm³/mol. The number of carbonyl (C=O) groups excluding carboxylic acids is 2. The van der Waals surface area contributed by atoms with Gasteiger partial charge in [-0.3, -0.25) is 19.3 Å². The molecule has 4 rings (SSSR count). The largest absolute Gasteiger partial charge is 0.507 e. The maximum atomic E-state index is 13.6. The average Bonchev–Trinajstić information content (AvgIpc) is 3.24. The van der Waals surface area contributed by atoms with Crippen molar-refractivity contribution in [3.05, 3.63) is 75.3 Å². The van der Waals surface area contributed by atoms with Crippen LogP contribution in [-0.2, 0) is 14.4 Å². The van der Waals surface area contributed by atoms with Crippen LogP contribution < -0.4 is 4.74 Å². The van der Waals surface area contributed by atoms with Crippen LogP contribution in [0.3, 0.4) is 0 Å². The number of nitrogens with zero attached hydrogens (tertiary/aromatic N) is 1. The second-order valence-electron chi connectivity index (χ2n) is 11.6. The van der Waals surface area contributed by atoms with Gasteiger partial charge in [-0.1, -0.05) is 52.2 Å². The van der Waals surface area contributed by atoms with Gasteiger partial charge in [0.1, 0.15) is 18.1 Å². The minimum Gasteiger partial charge on any atom is -0.507 e. The lowest BCUT2D eigenvalue weighted by Gasteiger charge is -2.36. The van der Waals surface area contributed by atoms with Gasteiger partial charge in [-0.2, -0.15) is 0 Å². The summed E-state index contributed by atoms with van der Waals surface area (Å²) in [6.07, 6.45) is 3.48. The molecule has 0 spiro atoms.